The van der Waals surface area contributed by atoms with E-state index in [4.69, 9.17) is 11.1 Å². The molecule has 1 aliphatic heterocycles. The Bertz CT molecular complexity index is 1750. The van der Waals surface area contributed by atoms with Crippen LogP contribution in [0.15, 0.2) is 97.1 Å². The van der Waals surface area contributed by atoms with Crippen LogP contribution in [-0.2, 0) is 32.9 Å². The average molecular weight is 592 g/mol. The predicted octanol–water partition coefficient (Wildman–Crippen LogP) is 4.51. The minimum absolute atomic E-state index is 0.0526. The SMILES string of the molecule is CC(=O)N(CC(Cc1cccc2ccccc12)C(=O)O)N1C(=O)N(Cc2ccccc2)C(C)(c2ccc(C(=N)N)cc2)C1=O. The van der Waals surface area contributed by atoms with E-state index < -0.39 is 41.8 Å². The van der Waals surface area contributed by atoms with Crippen molar-refractivity contribution >= 4 is 40.4 Å². The number of carboxylic acids is 1. The normalized spacial score (nSPS) is 17.1. The Morgan fingerprint density at radius 2 is 1.57 bits per heavy atom. The van der Waals surface area contributed by atoms with E-state index in [9.17, 15) is 24.3 Å². The second-order valence-electron chi connectivity index (χ2n) is 11.0. The Labute approximate surface area is 254 Å². The highest BCUT2D eigenvalue weighted by Crippen LogP contribution is 2.39. The van der Waals surface area contributed by atoms with Gasteiger partial charge in [-0.1, -0.05) is 97.1 Å². The van der Waals surface area contributed by atoms with Crippen LogP contribution in [0.1, 0.15) is 36.1 Å². The third-order valence-corrected chi connectivity index (χ3v) is 8.20. The Morgan fingerprint density at radius 1 is 0.932 bits per heavy atom. The van der Waals surface area contributed by atoms with Gasteiger partial charge in [-0.05, 0) is 40.8 Å². The van der Waals surface area contributed by atoms with Gasteiger partial charge in [-0.25, -0.2) is 9.80 Å². The second kappa shape index (κ2) is 12.0. The monoisotopic (exact) mass is 591 g/mol. The van der Waals surface area contributed by atoms with Crippen LogP contribution in [0.25, 0.3) is 10.8 Å². The molecule has 0 bridgehead atoms. The number of amidine groups is 1. The van der Waals surface area contributed by atoms with Gasteiger partial charge in [0.1, 0.15) is 11.4 Å². The van der Waals surface area contributed by atoms with Crippen molar-refractivity contribution in [2.75, 3.05) is 6.54 Å². The zero-order valence-electron chi connectivity index (χ0n) is 24.4. The van der Waals surface area contributed by atoms with Gasteiger partial charge < -0.3 is 10.8 Å². The third kappa shape index (κ3) is 5.49. The predicted molar refractivity (Wildman–Crippen MR) is 165 cm³/mol. The number of nitrogens with one attached hydrogen (secondary N) is 1. The molecular formula is C34H33N5O5. The number of imide groups is 1. The van der Waals surface area contributed by atoms with Gasteiger partial charge in [0.25, 0.3) is 5.91 Å². The number of hydrogen-bond donors (Lipinski definition) is 3. The number of rotatable bonds is 10. The summed E-state index contributed by atoms with van der Waals surface area (Å²) in [6, 6.07) is 28.1. The number of carboxylic acid groups (broad SMARTS) is 1. The van der Waals surface area contributed by atoms with Crippen LogP contribution in [0, 0.1) is 11.3 Å². The second-order valence-corrected chi connectivity index (χ2v) is 11.0. The van der Waals surface area contributed by atoms with Crippen LogP contribution < -0.4 is 5.73 Å². The number of amides is 4. The van der Waals surface area contributed by atoms with Gasteiger partial charge in [0.15, 0.2) is 0 Å². The van der Waals surface area contributed by atoms with E-state index in [-0.39, 0.29) is 18.8 Å². The van der Waals surface area contributed by atoms with E-state index in [0.29, 0.717) is 11.1 Å². The van der Waals surface area contributed by atoms with E-state index in [2.05, 4.69) is 0 Å². The molecule has 5 rings (SSSR count). The lowest BCUT2D eigenvalue weighted by molar-refractivity contribution is -0.159. The largest absolute Gasteiger partial charge is 0.481 e. The lowest BCUT2D eigenvalue weighted by atomic mass is 9.89. The minimum atomic E-state index is -1.55. The maximum atomic E-state index is 14.3. The molecule has 2 atom stereocenters. The quantitative estimate of drug-likeness (QED) is 0.140. The maximum absolute atomic E-state index is 14.3. The van der Waals surface area contributed by atoms with Crippen molar-refractivity contribution in [1.82, 2.24) is 14.9 Å². The van der Waals surface area contributed by atoms with Crippen LogP contribution in [-0.4, -0.2) is 56.2 Å². The number of nitrogens with two attached hydrogens (primary N) is 1. The van der Waals surface area contributed by atoms with Gasteiger partial charge in [-0.3, -0.25) is 24.7 Å². The number of fused-ring (bicyclic) bond motifs is 1. The number of aliphatic carboxylic acids is 1. The van der Waals surface area contributed by atoms with Crippen molar-refractivity contribution in [3.05, 3.63) is 119 Å². The fraction of sp³-hybridized carbons (Fsp3) is 0.206. The molecule has 0 radical (unpaired) electrons. The molecule has 0 spiro atoms. The van der Waals surface area contributed by atoms with E-state index in [1.807, 2.05) is 72.8 Å². The molecule has 4 aromatic rings. The Balaban J connectivity index is 1.53. The zero-order valence-corrected chi connectivity index (χ0v) is 24.4. The number of urea groups is 1. The fourth-order valence-corrected chi connectivity index (χ4v) is 5.70. The first kappa shape index (κ1) is 30.0. The first-order valence-electron chi connectivity index (χ1n) is 14.1. The van der Waals surface area contributed by atoms with Gasteiger partial charge in [-0.15, -0.1) is 0 Å². The molecule has 0 aromatic heterocycles. The molecule has 4 N–H and O–H groups in total. The van der Waals surface area contributed by atoms with E-state index in [0.717, 1.165) is 31.9 Å². The van der Waals surface area contributed by atoms with Crippen molar-refractivity contribution in [3.8, 4) is 0 Å². The molecule has 0 aliphatic carbocycles. The lowest BCUT2D eigenvalue weighted by Gasteiger charge is -2.32. The van der Waals surface area contributed by atoms with Crippen LogP contribution in [0.3, 0.4) is 0 Å². The molecule has 44 heavy (non-hydrogen) atoms. The summed E-state index contributed by atoms with van der Waals surface area (Å²) < 4.78 is 0. The number of hydrogen-bond acceptors (Lipinski definition) is 5. The molecule has 4 aromatic carbocycles. The third-order valence-electron chi connectivity index (χ3n) is 8.20. The zero-order chi connectivity index (χ0) is 31.6. The molecule has 1 fully saturated rings. The summed E-state index contributed by atoms with van der Waals surface area (Å²) in [5, 5.41) is 21.5. The summed E-state index contributed by atoms with van der Waals surface area (Å²) in [6.07, 6.45) is 0.0776. The number of carbonyl (C=O) groups excluding carboxylic acids is 3. The van der Waals surface area contributed by atoms with Crippen LogP contribution in [0.4, 0.5) is 4.79 Å². The van der Waals surface area contributed by atoms with Gasteiger partial charge in [0.2, 0.25) is 5.91 Å². The molecule has 2 unspecified atom stereocenters. The Hall–Kier alpha value is -5.51. The molecule has 10 heteroatoms. The highest BCUT2D eigenvalue weighted by Gasteiger charge is 2.58. The number of carbonyl (C=O) groups is 4. The molecule has 0 saturated carbocycles. The van der Waals surface area contributed by atoms with E-state index in [1.165, 1.54) is 11.8 Å². The fourth-order valence-electron chi connectivity index (χ4n) is 5.70. The molecule has 4 amide bonds. The minimum Gasteiger partial charge on any atom is -0.481 e. The molecule has 10 nitrogen and oxygen atoms in total. The molecule has 1 saturated heterocycles. The number of nitrogen functional groups attached to an aromatic ring is 1. The molecular weight excluding hydrogens is 558 g/mol. The van der Waals surface area contributed by atoms with Crippen LogP contribution in [0.2, 0.25) is 0 Å². The van der Waals surface area contributed by atoms with Crippen molar-refractivity contribution in [2.24, 2.45) is 11.7 Å². The summed E-state index contributed by atoms with van der Waals surface area (Å²) in [7, 11) is 0. The van der Waals surface area contributed by atoms with Gasteiger partial charge >= 0.3 is 12.0 Å². The van der Waals surface area contributed by atoms with Crippen molar-refractivity contribution in [2.45, 2.75) is 32.4 Å². The highest BCUT2D eigenvalue weighted by molar-refractivity contribution is 6.08. The Kier molecular flexibility index (Phi) is 8.17. The van der Waals surface area contributed by atoms with E-state index in [1.54, 1.807) is 31.2 Å². The van der Waals surface area contributed by atoms with Gasteiger partial charge in [-0.2, -0.15) is 5.01 Å². The smallest absolute Gasteiger partial charge is 0.347 e. The van der Waals surface area contributed by atoms with E-state index >= 15 is 0 Å². The summed E-state index contributed by atoms with van der Waals surface area (Å²) >= 11 is 0. The number of benzene rings is 4. The van der Waals surface area contributed by atoms with Crippen molar-refractivity contribution in [3.63, 3.8) is 0 Å². The molecule has 1 aliphatic rings. The summed E-state index contributed by atoms with van der Waals surface area (Å²) in [5.41, 5.74) is 6.52. The Morgan fingerprint density at radius 3 is 2.20 bits per heavy atom. The topological polar surface area (TPSA) is 148 Å². The lowest BCUT2D eigenvalue weighted by Crippen LogP contribution is -2.53. The molecule has 224 valence electrons. The first-order valence-corrected chi connectivity index (χ1v) is 14.1. The van der Waals surface area contributed by atoms with Gasteiger partial charge in [0, 0.05) is 19.0 Å². The highest BCUT2D eigenvalue weighted by atomic mass is 16.4. The average Bonchev–Trinajstić information content (AvgIpc) is 3.20. The summed E-state index contributed by atoms with van der Waals surface area (Å²) in [5.74, 6) is -3.77. The van der Waals surface area contributed by atoms with Gasteiger partial charge in [0.05, 0.1) is 12.5 Å². The molecule has 1 heterocycles. The maximum Gasteiger partial charge on any atom is 0.347 e. The standard InChI is InChI=1S/C34H33N5O5/c1-22(40)38(21-27(31(41)42)19-26-13-8-12-24-11-6-7-14-29(24)26)39-32(43)34(2,28-17-15-25(16-18-28)30(35)36)37(33(39)44)20-23-9-4-3-5-10-23/h3-18,27H,19-21H2,1-2H3,(H3,35,36)(H,41,42). The first-order chi connectivity index (χ1) is 21.0. The van der Waals surface area contributed by atoms with Crippen molar-refractivity contribution in [1.29, 1.82) is 5.41 Å². The van der Waals surface area contributed by atoms with Crippen molar-refractivity contribution < 1.29 is 24.3 Å². The summed E-state index contributed by atoms with van der Waals surface area (Å²) in [4.78, 5) is 55.5. The van der Waals surface area contributed by atoms with Crippen LogP contribution in [0.5, 0.6) is 0 Å². The van der Waals surface area contributed by atoms with Crippen LogP contribution >= 0.6 is 0 Å². The number of hydrazine groups is 1. The number of nitrogens with zero attached hydrogens (tertiary/aromatic N) is 3. The summed E-state index contributed by atoms with van der Waals surface area (Å²) in [6.45, 7) is 2.46.